The molecule has 0 amide bonds. The highest BCUT2D eigenvalue weighted by atomic mass is 16.3. The van der Waals surface area contributed by atoms with Gasteiger partial charge in [-0.25, -0.2) is 9.97 Å². The lowest BCUT2D eigenvalue weighted by atomic mass is 10.1. The molecule has 1 aliphatic rings. The van der Waals surface area contributed by atoms with E-state index in [9.17, 15) is 5.11 Å². The smallest absolute Gasteiger partial charge is 0.134 e. The van der Waals surface area contributed by atoms with Gasteiger partial charge in [-0.3, -0.25) is 0 Å². The molecular formula is C13H22N4O. The minimum absolute atomic E-state index is 0.265. The van der Waals surface area contributed by atoms with Crippen LogP contribution in [0.4, 0.5) is 11.6 Å². The SMILES string of the molecule is CCCNc1cc(N2CCC(CO)C2)nc(C)n1. The zero-order valence-electron chi connectivity index (χ0n) is 11.2. The van der Waals surface area contributed by atoms with Crippen LogP contribution in [-0.4, -0.2) is 41.3 Å². The third-order valence-corrected chi connectivity index (χ3v) is 3.25. The maximum Gasteiger partial charge on any atom is 0.134 e. The molecule has 1 unspecified atom stereocenters. The van der Waals surface area contributed by atoms with Gasteiger partial charge in [0.1, 0.15) is 17.5 Å². The molecule has 0 bridgehead atoms. The lowest BCUT2D eigenvalue weighted by Gasteiger charge is -2.18. The number of rotatable bonds is 5. The Morgan fingerprint density at radius 3 is 3.00 bits per heavy atom. The van der Waals surface area contributed by atoms with Crippen LogP contribution in [0.5, 0.6) is 0 Å². The molecule has 1 saturated heterocycles. The zero-order chi connectivity index (χ0) is 13.0. The van der Waals surface area contributed by atoms with Crippen LogP contribution in [0.25, 0.3) is 0 Å². The van der Waals surface area contributed by atoms with E-state index >= 15 is 0 Å². The molecule has 1 aliphatic heterocycles. The third-order valence-electron chi connectivity index (χ3n) is 3.25. The van der Waals surface area contributed by atoms with Gasteiger partial charge in [0.15, 0.2) is 0 Å². The highest BCUT2D eigenvalue weighted by Gasteiger charge is 2.23. The molecule has 2 heterocycles. The molecule has 5 nitrogen and oxygen atoms in total. The zero-order valence-corrected chi connectivity index (χ0v) is 11.2. The van der Waals surface area contributed by atoms with Crippen molar-refractivity contribution in [2.75, 3.05) is 36.5 Å². The second kappa shape index (κ2) is 6.00. The molecule has 0 aromatic carbocycles. The van der Waals surface area contributed by atoms with Crippen molar-refractivity contribution in [1.29, 1.82) is 0 Å². The predicted octanol–water partition coefficient (Wildman–Crippen LogP) is 1.43. The summed E-state index contributed by atoms with van der Waals surface area (Å²) in [6.07, 6.45) is 2.12. The first-order valence-electron chi connectivity index (χ1n) is 6.68. The van der Waals surface area contributed by atoms with Crippen LogP contribution >= 0.6 is 0 Å². The van der Waals surface area contributed by atoms with E-state index in [1.165, 1.54) is 0 Å². The van der Waals surface area contributed by atoms with Crippen molar-refractivity contribution in [3.8, 4) is 0 Å². The minimum atomic E-state index is 0.265. The van der Waals surface area contributed by atoms with Crippen molar-refractivity contribution in [1.82, 2.24) is 9.97 Å². The molecule has 2 N–H and O–H groups in total. The summed E-state index contributed by atoms with van der Waals surface area (Å²) < 4.78 is 0. The van der Waals surface area contributed by atoms with Crippen molar-refractivity contribution in [2.24, 2.45) is 5.92 Å². The van der Waals surface area contributed by atoms with Gasteiger partial charge in [-0.1, -0.05) is 6.92 Å². The Balaban J connectivity index is 2.10. The molecule has 1 aromatic heterocycles. The molecule has 1 fully saturated rings. The Kier molecular flexibility index (Phi) is 4.36. The average Bonchev–Trinajstić information content (AvgIpc) is 2.84. The lowest BCUT2D eigenvalue weighted by Crippen LogP contribution is -2.22. The monoisotopic (exact) mass is 250 g/mol. The van der Waals surface area contributed by atoms with E-state index in [2.05, 4.69) is 27.1 Å². The summed E-state index contributed by atoms with van der Waals surface area (Å²) in [7, 11) is 0. The summed E-state index contributed by atoms with van der Waals surface area (Å²) in [5, 5.41) is 12.5. The Labute approximate surface area is 108 Å². The van der Waals surface area contributed by atoms with E-state index in [1.54, 1.807) is 0 Å². The Bertz CT molecular complexity index is 397. The van der Waals surface area contributed by atoms with E-state index in [1.807, 2.05) is 13.0 Å². The molecule has 100 valence electrons. The van der Waals surface area contributed by atoms with Gasteiger partial charge in [-0.05, 0) is 19.8 Å². The Morgan fingerprint density at radius 2 is 2.33 bits per heavy atom. The van der Waals surface area contributed by atoms with Gasteiger partial charge in [-0.2, -0.15) is 0 Å². The molecule has 18 heavy (non-hydrogen) atoms. The van der Waals surface area contributed by atoms with Crippen LogP contribution in [0.15, 0.2) is 6.07 Å². The van der Waals surface area contributed by atoms with Gasteiger partial charge >= 0.3 is 0 Å². The molecule has 2 rings (SSSR count). The van der Waals surface area contributed by atoms with Crippen molar-refractivity contribution >= 4 is 11.6 Å². The predicted molar refractivity (Wildman–Crippen MR) is 73.0 cm³/mol. The molecule has 1 aromatic rings. The Hall–Kier alpha value is -1.36. The number of aliphatic hydroxyl groups is 1. The first-order chi connectivity index (χ1) is 8.72. The van der Waals surface area contributed by atoms with Gasteiger partial charge < -0.3 is 15.3 Å². The van der Waals surface area contributed by atoms with E-state index < -0.39 is 0 Å². The normalized spacial score (nSPS) is 19.3. The summed E-state index contributed by atoms with van der Waals surface area (Å²) in [4.78, 5) is 11.1. The highest BCUT2D eigenvalue weighted by Crippen LogP contribution is 2.23. The van der Waals surface area contributed by atoms with Gasteiger partial charge in [0.05, 0.1) is 0 Å². The quantitative estimate of drug-likeness (QED) is 0.827. The number of nitrogens with zero attached hydrogens (tertiary/aromatic N) is 3. The largest absolute Gasteiger partial charge is 0.396 e. The Morgan fingerprint density at radius 1 is 1.50 bits per heavy atom. The van der Waals surface area contributed by atoms with Crippen molar-refractivity contribution in [2.45, 2.75) is 26.7 Å². The first-order valence-corrected chi connectivity index (χ1v) is 6.68. The summed E-state index contributed by atoms with van der Waals surface area (Å²) in [5.41, 5.74) is 0. The molecular weight excluding hydrogens is 228 g/mol. The molecule has 0 aliphatic carbocycles. The number of anilines is 2. The maximum absolute atomic E-state index is 9.18. The van der Waals surface area contributed by atoms with E-state index in [0.29, 0.717) is 5.92 Å². The highest BCUT2D eigenvalue weighted by molar-refractivity contribution is 5.50. The number of aryl methyl sites for hydroxylation is 1. The summed E-state index contributed by atoms with van der Waals surface area (Å²) >= 11 is 0. The summed E-state index contributed by atoms with van der Waals surface area (Å²) in [5.74, 6) is 3.04. The summed E-state index contributed by atoms with van der Waals surface area (Å²) in [6.45, 7) is 7.10. The molecule has 5 heteroatoms. The van der Waals surface area contributed by atoms with E-state index in [4.69, 9.17) is 0 Å². The van der Waals surface area contributed by atoms with E-state index in [0.717, 1.165) is 49.9 Å². The fourth-order valence-electron chi connectivity index (χ4n) is 2.25. The van der Waals surface area contributed by atoms with Crippen LogP contribution in [0.1, 0.15) is 25.6 Å². The van der Waals surface area contributed by atoms with Gasteiger partial charge in [0.25, 0.3) is 0 Å². The van der Waals surface area contributed by atoms with Crippen molar-refractivity contribution in [3.05, 3.63) is 11.9 Å². The molecule has 0 saturated carbocycles. The number of hydrogen-bond acceptors (Lipinski definition) is 5. The second-order valence-electron chi connectivity index (χ2n) is 4.87. The molecule has 1 atom stereocenters. The van der Waals surface area contributed by atoms with E-state index in [-0.39, 0.29) is 6.61 Å². The number of hydrogen-bond donors (Lipinski definition) is 2. The summed E-state index contributed by atoms with van der Waals surface area (Å²) in [6, 6.07) is 2.00. The topological polar surface area (TPSA) is 61.3 Å². The third kappa shape index (κ3) is 3.10. The molecule has 0 spiro atoms. The van der Waals surface area contributed by atoms with Crippen LogP contribution in [0, 0.1) is 12.8 Å². The van der Waals surface area contributed by atoms with Crippen LogP contribution in [0.2, 0.25) is 0 Å². The minimum Gasteiger partial charge on any atom is -0.396 e. The number of nitrogens with one attached hydrogen (secondary N) is 1. The van der Waals surface area contributed by atoms with Gasteiger partial charge in [-0.15, -0.1) is 0 Å². The fraction of sp³-hybridized carbons (Fsp3) is 0.692. The lowest BCUT2D eigenvalue weighted by molar-refractivity contribution is 0.238. The average molecular weight is 250 g/mol. The van der Waals surface area contributed by atoms with Gasteiger partial charge in [0.2, 0.25) is 0 Å². The van der Waals surface area contributed by atoms with Crippen LogP contribution in [0.3, 0.4) is 0 Å². The standard InChI is InChI=1S/C13H22N4O/c1-3-5-14-12-7-13(16-10(2)15-12)17-6-4-11(8-17)9-18/h7,11,18H,3-6,8-9H2,1-2H3,(H,14,15,16). The van der Waals surface area contributed by atoms with Crippen molar-refractivity contribution < 1.29 is 5.11 Å². The molecule has 0 radical (unpaired) electrons. The van der Waals surface area contributed by atoms with Crippen LogP contribution < -0.4 is 10.2 Å². The second-order valence-corrected chi connectivity index (χ2v) is 4.87. The van der Waals surface area contributed by atoms with Crippen molar-refractivity contribution in [3.63, 3.8) is 0 Å². The number of aliphatic hydroxyl groups excluding tert-OH is 1. The maximum atomic E-state index is 9.18. The fourth-order valence-corrected chi connectivity index (χ4v) is 2.25. The van der Waals surface area contributed by atoms with Crippen LogP contribution in [-0.2, 0) is 0 Å². The first kappa shape index (κ1) is 13.1. The van der Waals surface area contributed by atoms with Gasteiger partial charge in [0, 0.05) is 38.2 Å². The number of aromatic nitrogens is 2.